The Balaban J connectivity index is 2.67. The summed E-state index contributed by atoms with van der Waals surface area (Å²) in [5.41, 5.74) is 4.68. The number of carbonyl (C=O) groups is 1. The highest BCUT2D eigenvalue weighted by Crippen LogP contribution is 2.24. The van der Waals surface area contributed by atoms with Crippen molar-refractivity contribution in [2.45, 2.75) is 20.8 Å². The van der Waals surface area contributed by atoms with Crippen molar-refractivity contribution in [3.05, 3.63) is 45.2 Å². The standard InChI is InChI=1S/C13H13BrN2O/c1-8-4-5-11(7-17)6-12(8)16-10(3)13(14)9(2)15-16/h4-7H,1-3H3. The number of carbonyl (C=O) groups excluding carboxylic acids is 1. The Bertz CT molecular complexity index is 587. The van der Waals surface area contributed by atoms with Gasteiger partial charge in [0.25, 0.3) is 0 Å². The van der Waals surface area contributed by atoms with E-state index < -0.39 is 0 Å². The van der Waals surface area contributed by atoms with Crippen LogP contribution in [0.3, 0.4) is 0 Å². The van der Waals surface area contributed by atoms with E-state index in [0.29, 0.717) is 5.56 Å². The number of nitrogens with zero attached hydrogens (tertiary/aromatic N) is 2. The molecular weight excluding hydrogens is 280 g/mol. The van der Waals surface area contributed by atoms with Crippen LogP contribution in [0.4, 0.5) is 0 Å². The van der Waals surface area contributed by atoms with Crippen molar-refractivity contribution >= 4 is 22.2 Å². The maximum absolute atomic E-state index is 10.8. The average Bonchev–Trinajstić information content (AvgIpc) is 2.58. The molecule has 0 N–H and O–H groups in total. The molecule has 3 nitrogen and oxygen atoms in total. The molecule has 88 valence electrons. The molecule has 0 aliphatic heterocycles. The van der Waals surface area contributed by atoms with E-state index in [1.165, 1.54) is 0 Å². The Labute approximate surface area is 109 Å². The molecule has 2 rings (SSSR count). The fourth-order valence-electron chi connectivity index (χ4n) is 1.79. The van der Waals surface area contributed by atoms with E-state index >= 15 is 0 Å². The van der Waals surface area contributed by atoms with Gasteiger partial charge in [0.05, 0.1) is 21.5 Å². The van der Waals surface area contributed by atoms with Crippen molar-refractivity contribution < 1.29 is 4.79 Å². The molecule has 1 heterocycles. The van der Waals surface area contributed by atoms with Gasteiger partial charge in [-0.3, -0.25) is 4.79 Å². The normalized spacial score (nSPS) is 10.6. The summed E-state index contributed by atoms with van der Waals surface area (Å²) in [6, 6.07) is 5.60. The summed E-state index contributed by atoms with van der Waals surface area (Å²) in [7, 11) is 0. The largest absolute Gasteiger partial charge is 0.298 e. The third-order valence-electron chi connectivity index (χ3n) is 2.80. The predicted molar refractivity (Wildman–Crippen MR) is 70.9 cm³/mol. The van der Waals surface area contributed by atoms with Gasteiger partial charge in [0.15, 0.2) is 0 Å². The van der Waals surface area contributed by atoms with Crippen molar-refractivity contribution in [1.82, 2.24) is 9.78 Å². The van der Waals surface area contributed by atoms with Crippen LogP contribution in [0.25, 0.3) is 5.69 Å². The summed E-state index contributed by atoms with van der Waals surface area (Å²) in [4.78, 5) is 10.8. The van der Waals surface area contributed by atoms with Gasteiger partial charge in [-0.05, 0) is 48.3 Å². The lowest BCUT2D eigenvalue weighted by molar-refractivity contribution is 0.112. The van der Waals surface area contributed by atoms with Gasteiger partial charge in [0.1, 0.15) is 6.29 Å². The predicted octanol–water partition coefficient (Wildman–Crippen LogP) is 3.37. The van der Waals surface area contributed by atoms with Gasteiger partial charge in [-0.15, -0.1) is 0 Å². The van der Waals surface area contributed by atoms with E-state index in [9.17, 15) is 4.79 Å². The number of hydrogen-bond donors (Lipinski definition) is 0. The van der Waals surface area contributed by atoms with Gasteiger partial charge >= 0.3 is 0 Å². The van der Waals surface area contributed by atoms with Crippen LogP contribution in [0.1, 0.15) is 27.3 Å². The van der Waals surface area contributed by atoms with E-state index in [2.05, 4.69) is 21.0 Å². The molecule has 0 unspecified atom stereocenters. The number of hydrogen-bond acceptors (Lipinski definition) is 2. The summed E-state index contributed by atoms with van der Waals surface area (Å²) < 4.78 is 2.87. The van der Waals surface area contributed by atoms with E-state index in [1.54, 1.807) is 0 Å². The Morgan fingerprint density at radius 2 is 2.00 bits per heavy atom. The van der Waals surface area contributed by atoms with Crippen LogP contribution in [-0.4, -0.2) is 16.1 Å². The van der Waals surface area contributed by atoms with Crippen LogP contribution in [0.15, 0.2) is 22.7 Å². The topological polar surface area (TPSA) is 34.9 Å². The summed E-state index contributed by atoms with van der Waals surface area (Å²) in [6.07, 6.45) is 0.851. The highest BCUT2D eigenvalue weighted by molar-refractivity contribution is 9.10. The van der Waals surface area contributed by atoms with Crippen molar-refractivity contribution in [2.24, 2.45) is 0 Å². The first-order valence-corrected chi connectivity index (χ1v) is 6.12. The molecule has 0 amide bonds. The summed E-state index contributed by atoms with van der Waals surface area (Å²) in [5.74, 6) is 0. The number of aryl methyl sites for hydroxylation is 2. The lowest BCUT2D eigenvalue weighted by Gasteiger charge is -2.08. The van der Waals surface area contributed by atoms with Gasteiger partial charge in [-0.1, -0.05) is 12.1 Å². The average molecular weight is 293 g/mol. The van der Waals surface area contributed by atoms with E-state index in [-0.39, 0.29) is 0 Å². The smallest absolute Gasteiger partial charge is 0.150 e. The summed E-state index contributed by atoms with van der Waals surface area (Å²) >= 11 is 3.50. The molecule has 1 aromatic heterocycles. The van der Waals surface area contributed by atoms with Crippen LogP contribution in [0.2, 0.25) is 0 Å². The fourth-order valence-corrected chi connectivity index (χ4v) is 2.03. The first-order valence-electron chi connectivity index (χ1n) is 5.32. The second kappa shape index (κ2) is 4.45. The van der Waals surface area contributed by atoms with Crippen LogP contribution in [0, 0.1) is 20.8 Å². The molecule has 0 fully saturated rings. The zero-order valence-corrected chi connectivity index (χ0v) is 11.6. The van der Waals surface area contributed by atoms with E-state index in [4.69, 9.17) is 0 Å². The molecule has 0 bridgehead atoms. The molecule has 0 radical (unpaired) electrons. The second-order valence-electron chi connectivity index (χ2n) is 4.06. The molecule has 0 atom stereocenters. The van der Waals surface area contributed by atoms with E-state index in [1.807, 2.05) is 43.7 Å². The Morgan fingerprint density at radius 1 is 1.29 bits per heavy atom. The van der Waals surface area contributed by atoms with Crippen molar-refractivity contribution in [3.8, 4) is 5.69 Å². The Morgan fingerprint density at radius 3 is 2.53 bits per heavy atom. The first-order chi connectivity index (χ1) is 8.04. The highest BCUT2D eigenvalue weighted by Gasteiger charge is 2.12. The third-order valence-corrected chi connectivity index (χ3v) is 3.95. The van der Waals surface area contributed by atoms with Gasteiger partial charge in [0.2, 0.25) is 0 Å². The fraction of sp³-hybridized carbons (Fsp3) is 0.231. The monoisotopic (exact) mass is 292 g/mol. The van der Waals surface area contributed by atoms with Gasteiger partial charge in [0, 0.05) is 5.56 Å². The molecule has 0 spiro atoms. The van der Waals surface area contributed by atoms with Crippen LogP contribution < -0.4 is 0 Å². The van der Waals surface area contributed by atoms with Crippen LogP contribution >= 0.6 is 15.9 Å². The number of halogens is 1. The van der Waals surface area contributed by atoms with Gasteiger partial charge < -0.3 is 0 Å². The second-order valence-corrected chi connectivity index (χ2v) is 4.85. The molecule has 1 aromatic carbocycles. The van der Waals surface area contributed by atoms with Crippen LogP contribution in [-0.2, 0) is 0 Å². The SMILES string of the molecule is Cc1ccc(C=O)cc1-n1nc(C)c(Br)c1C. The molecular formula is C13H13BrN2O. The molecule has 0 saturated carbocycles. The molecule has 4 heteroatoms. The van der Waals surface area contributed by atoms with Gasteiger partial charge in [-0.2, -0.15) is 5.10 Å². The summed E-state index contributed by atoms with van der Waals surface area (Å²) in [5, 5.41) is 4.47. The lowest BCUT2D eigenvalue weighted by atomic mass is 10.1. The summed E-state index contributed by atoms with van der Waals surface area (Å²) in [6.45, 7) is 5.96. The van der Waals surface area contributed by atoms with Crippen LogP contribution in [0.5, 0.6) is 0 Å². The molecule has 0 saturated heterocycles. The Hall–Kier alpha value is -1.42. The highest BCUT2D eigenvalue weighted by atomic mass is 79.9. The zero-order valence-electron chi connectivity index (χ0n) is 9.99. The number of aldehydes is 1. The van der Waals surface area contributed by atoms with E-state index in [0.717, 1.165) is 33.4 Å². The van der Waals surface area contributed by atoms with Crippen molar-refractivity contribution in [1.29, 1.82) is 0 Å². The maximum Gasteiger partial charge on any atom is 0.150 e. The molecule has 17 heavy (non-hydrogen) atoms. The Kier molecular flexibility index (Phi) is 3.15. The lowest BCUT2D eigenvalue weighted by Crippen LogP contribution is -2.02. The van der Waals surface area contributed by atoms with Crippen molar-refractivity contribution in [2.75, 3.05) is 0 Å². The molecule has 0 aliphatic rings. The molecule has 2 aromatic rings. The maximum atomic E-state index is 10.8. The number of benzene rings is 1. The quantitative estimate of drug-likeness (QED) is 0.796. The first kappa shape index (κ1) is 12.0. The zero-order chi connectivity index (χ0) is 12.6. The minimum absolute atomic E-state index is 0.661. The molecule has 0 aliphatic carbocycles. The van der Waals surface area contributed by atoms with Crippen molar-refractivity contribution in [3.63, 3.8) is 0 Å². The minimum atomic E-state index is 0.661. The number of aromatic nitrogens is 2. The minimum Gasteiger partial charge on any atom is -0.298 e. The number of rotatable bonds is 2. The van der Waals surface area contributed by atoms with Gasteiger partial charge in [-0.25, -0.2) is 4.68 Å². The third kappa shape index (κ3) is 2.05.